The van der Waals surface area contributed by atoms with E-state index in [1.54, 1.807) is 18.2 Å². The van der Waals surface area contributed by atoms with Crippen LogP contribution in [0.4, 0.5) is 14.6 Å². The highest BCUT2D eigenvalue weighted by Crippen LogP contribution is 2.55. The van der Waals surface area contributed by atoms with Crippen LogP contribution in [0.2, 0.25) is 5.02 Å². The molecule has 2 unspecified atom stereocenters. The molecule has 1 aromatic heterocycles. The van der Waals surface area contributed by atoms with Crippen molar-refractivity contribution < 1.29 is 18.6 Å². The number of benzene rings is 3. The van der Waals surface area contributed by atoms with Crippen LogP contribution in [-0.2, 0) is 0 Å². The summed E-state index contributed by atoms with van der Waals surface area (Å²) in [6.45, 7) is 5.81. The third-order valence-electron chi connectivity index (χ3n) is 9.62. The number of hydrogen-bond acceptors (Lipinski definition) is 7. The molecular weight excluding hydrogens is 548 g/mol. The maximum absolute atomic E-state index is 16.6. The van der Waals surface area contributed by atoms with E-state index in [0.29, 0.717) is 52.6 Å². The quantitative estimate of drug-likeness (QED) is 0.293. The van der Waals surface area contributed by atoms with Crippen molar-refractivity contribution in [2.45, 2.75) is 37.8 Å². The van der Waals surface area contributed by atoms with Crippen molar-refractivity contribution in [2.24, 2.45) is 11.3 Å². The zero-order valence-electron chi connectivity index (χ0n) is 22.6. The van der Waals surface area contributed by atoms with Gasteiger partial charge in [0.25, 0.3) is 0 Å². The van der Waals surface area contributed by atoms with Crippen molar-refractivity contribution in [1.82, 2.24) is 20.6 Å². The van der Waals surface area contributed by atoms with Crippen molar-refractivity contribution in [3.63, 3.8) is 0 Å². The van der Waals surface area contributed by atoms with Crippen LogP contribution in [-0.4, -0.2) is 59.4 Å². The number of aromatic nitrogens is 2. The third kappa shape index (κ3) is 4.04. The Labute approximate surface area is 240 Å². The molecule has 4 atom stereocenters. The minimum atomic E-state index is -0.838. The Hall–Kier alpha value is -3.27. The summed E-state index contributed by atoms with van der Waals surface area (Å²) in [6, 6.07) is 9.67. The van der Waals surface area contributed by atoms with E-state index in [2.05, 4.69) is 27.4 Å². The number of anilines is 1. The molecule has 0 spiro atoms. The number of aromatic hydroxyl groups is 1. The minimum absolute atomic E-state index is 0.0182. The number of halogens is 3. The molecule has 7 nitrogen and oxygen atoms in total. The van der Waals surface area contributed by atoms with Crippen LogP contribution >= 0.6 is 11.6 Å². The fourth-order valence-electron chi connectivity index (χ4n) is 7.45. The van der Waals surface area contributed by atoms with Crippen LogP contribution < -0.4 is 20.3 Å². The van der Waals surface area contributed by atoms with Gasteiger partial charge in [0.05, 0.1) is 12.2 Å². The topological polar surface area (TPSA) is 82.5 Å². The van der Waals surface area contributed by atoms with Crippen LogP contribution in [0.15, 0.2) is 36.4 Å². The highest BCUT2D eigenvalue weighted by Gasteiger charge is 2.57. The van der Waals surface area contributed by atoms with Crippen molar-refractivity contribution in [3.8, 4) is 22.9 Å². The summed E-state index contributed by atoms with van der Waals surface area (Å²) in [6.07, 6.45) is 3.15. The summed E-state index contributed by atoms with van der Waals surface area (Å²) in [7, 11) is 0. The molecule has 4 fully saturated rings. The number of phenolic OH excluding ortho intramolecular Hbond substituents is 1. The Bertz CT molecular complexity index is 1750. The van der Waals surface area contributed by atoms with E-state index in [1.807, 2.05) is 0 Å². The maximum Gasteiger partial charge on any atom is 0.319 e. The van der Waals surface area contributed by atoms with Gasteiger partial charge in [0.1, 0.15) is 22.9 Å². The van der Waals surface area contributed by atoms with Crippen LogP contribution in [0.5, 0.6) is 11.8 Å². The summed E-state index contributed by atoms with van der Waals surface area (Å²) in [4.78, 5) is 11.4. The van der Waals surface area contributed by atoms with Gasteiger partial charge >= 0.3 is 6.01 Å². The molecule has 8 rings (SSSR count). The number of fused-ring (bicyclic) bond motifs is 5. The van der Waals surface area contributed by atoms with Crippen molar-refractivity contribution in [3.05, 3.63) is 53.1 Å². The van der Waals surface area contributed by atoms with Crippen LogP contribution in [0, 0.1) is 23.0 Å². The number of piperazine rings is 1. The van der Waals surface area contributed by atoms with Crippen LogP contribution in [0.1, 0.15) is 26.2 Å². The van der Waals surface area contributed by atoms with E-state index < -0.39 is 11.6 Å². The average Bonchev–Trinajstić information content (AvgIpc) is 3.34. The minimum Gasteiger partial charge on any atom is -0.508 e. The number of rotatable bonds is 5. The Balaban J connectivity index is 1.31. The lowest BCUT2D eigenvalue weighted by Crippen LogP contribution is -2.58. The standard InChI is InChI=1S/C31H30ClF2N5O2/c1-30-6-5-18(38-30)12-39(14-30)28-21-9-23(33)25(20-8-19(40)7-16-3-2-4-22(32)24(16)20)26(34)27(21)36-29(37-28)41-15-31-10-17(31)11-35-13-31/h2-4,7-9,17-18,35,38,40H,5-6,10-15H2,1H3/t17?,18-,30-,31?/m1/s1. The van der Waals surface area contributed by atoms with E-state index in [0.717, 1.165) is 32.4 Å². The normalized spacial score (nSPS) is 28.4. The van der Waals surface area contributed by atoms with Gasteiger partial charge in [-0.15, -0.1) is 0 Å². The SMILES string of the molecule is C[C@@]12CC[C@H](CN(c3nc(OCC45CNCC4C5)nc4c(F)c(-c5cc(O)cc6cccc(Cl)c56)c(F)cc34)C1)N2. The monoisotopic (exact) mass is 577 g/mol. The lowest BCUT2D eigenvalue weighted by Gasteiger charge is -2.40. The maximum atomic E-state index is 16.6. The van der Waals surface area contributed by atoms with Gasteiger partial charge in [-0.2, -0.15) is 9.97 Å². The molecule has 4 aliphatic rings. The second-order valence-electron chi connectivity index (χ2n) is 12.6. The lowest BCUT2D eigenvalue weighted by molar-refractivity contribution is 0.220. The van der Waals surface area contributed by atoms with Gasteiger partial charge in [-0.05, 0) is 68.3 Å². The molecule has 3 aliphatic heterocycles. The van der Waals surface area contributed by atoms with Gasteiger partial charge in [-0.3, -0.25) is 0 Å². The summed E-state index contributed by atoms with van der Waals surface area (Å²) in [5.41, 5.74) is -0.185. The molecular formula is C31H30ClF2N5O2. The Morgan fingerprint density at radius 3 is 2.88 bits per heavy atom. The van der Waals surface area contributed by atoms with E-state index in [-0.39, 0.29) is 45.4 Å². The van der Waals surface area contributed by atoms with Gasteiger partial charge in [0, 0.05) is 58.0 Å². The average molecular weight is 578 g/mol. The molecule has 212 valence electrons. The second-order valence-corrected chi connectivity index (χ2v) is 13.0. The fourth-order valence-corrected chi connectivity index (χ4v) is 7.73. The Morgan fingerprint density at radius 1 is 1.22 bits per heavy atom. The van der Waals surface area contributed by atoms with Gasteiger partial charge in [-0.1, -0.05) is 23.7 Å². The second kappa shape index (κ2) is 8.86. The number of piperidine rings is 1. The first-order chi connectivity index (χ1) is 19.7. The van der Waals surface area contributed by atoms with Crippen molar-refractivity contribution in [2.75, 3.05) is 37.7 Å². The first-order valence-corrected chi connectivity index (χ1v) is 14.6. The molecule has 0 amide bonds. The van der Waals surface area contributed by atoms with Gasteiger partial charge in [0.15, 0.2) is 5.82 Å². The predicted octanol–water partition coefficient (Wildman–Crippen LogP) is 5.41. The largest absolute Gasteiger partial charge is 0.508 e. The molecule has 4 aromatic rings. The van der Waals surface area contributed by atoms with Crippen LogP contribution in [0.3, 0.4) is 0 Å². The van der Waals surface area contributed by atoms with Crippen molar-refractivity contribution >= 4 is 39.1 Å². The molecule has 3 saturated heterocycles. The van der Waals surface area contributed by atoms with Gasteiger partial charge in [0.2, 0.25) is 0 Å². The first kappa shape index (κ1) is 25.4. The number of nitrogens with zero attached hydrogens (tertiary/aromatic N) is 3. The highest BCUT2D eigenvalue weighted by molar-refractivity contribution is 6.36. The molecule has 1 aliphatic carbocycles. The smallest absolute Gasteiger partial charge is 0.319 e. The fraction of sp³-hybridized carbons (Fsp3) is 0.419. The molecule has 2 bridgehead atoms. The molecule has 1 saturated carbocycles. The summed E-state index contributed by atoms with van der Waals surface area (Å²) in [5.74, 6) is -0.681. The Morgan fingerprint density at radius 2 is 2.10 bits per heavy atom. The Kier molecular flexibility index (Phi) is 5.50. The van der Waals surface area contributed by atoms with E-state index in [4.69, 9.17) is 21.3 Å². The van der Waals surface area contributed by atoms with E-state index >= 15 is 8.78 Å². The number of nitrogens with one attached hydrogen (secondary N) is 2. The summed E-state index contributed by atoms with van der Waals surface area (Å²) < 4.78 is 38.9. The number of phenols is 1. The third-order valence-corrected chi connectivity index (χ3v) is 9.93. The molecule has 3 N–H and O–H groups in total. The van der Waals surface area contributed by atoms with E-state index in [9.17, 15) is 5.11 Å². The van der Waals surface area contributed by atoms with E-state index in [1.165, 1.54) is 18.2 Å². The van der Waals surface area contributed by atoms with Crippen LogP contribution in [0.25, 0.3) is 32.8 Å². The highest BCUT2D eigenvalue weighted by atomic mass is 35.5. The number of ether oxygens (including phenoxy) is 1. The molecule has 41 heavy (non-hydrogen) atoms. The lowest BCUT2D eigenvalue weighted by atomic mass is 9.95. The molecule has 10 heteroatoms. The number of hydrogen-bond donors (Lipinski definition) is 3. The molecule has 4 heterocycles. The van der Waals surface area contributed by atoms with Crippen molar-refractivity contribution in [1.29, 1.82) is 0 Å². The molecule has 0 radical (unpaired) electrons. The molecule has 3 aromatic carbocycles. The zero-order valence-corrected chi connectivity index (χ0v) is 23.4. The van der Waals surface area contributed by atoms with Gasteiger partial charge in [-0.25, -0.2) is 8.78 Å². The first-order valence-electron chi connectivity index (χ1n) is 14.2. The zero-order chi connectivity index (χ0) is 28.1. The van der Waals surface area contributed by atoms with Gasteiger partial charge < -0.3 is 25.4 Å². The summed E-state index contributed by atoms with van der Waals surface area (Å²) >= 11 is 6.52. The summed E-state index contributed by atoms with van der Waals surface area (Å²) in [5, 5.41) is 19.2. The predicted molar refractivity (Wildman–Crippen MR) is 155 cm³/mol.